The van der Waals surface area contributed by atoms with Gasteiger partial charge in [0.2, 0.25) is 0 Å². The van der Waals surface area contributed by atoms with Crippen LogP contribution in [0, 0.1) is 0 Å². The first-order chi connectivity index (χ1) is 27.0. The Hall–Kier alpha value is -1.82. The molecule has 0 unspecified atom stereocenters. The summed E-state index contributed by atoms with van der Waals surface area (Å²) < 4.78 is 30.3. The molecular formula is C46H80O8Sn2. The first-order valence-electron chi connectivity index (χ1n) is 22.2. The Morgan fingerprint density at radius 1 is 0.357 bits per heavy atom. The summed E-state index contributed by atoms with van der Waals surface area (Å²) in [7, 11) is 0. The molecule has 0 atom stereocenters. The van der Waals surface area contributed by atoms with Gasteiger partial charge in [-0.1, -0.05) is 0 Å². The van der Waals surface area contributed by atoms with Crippen LogP contribution in [-0.4, -0.2) is 87.1 Å². The van der Waals surface area contributed by atoms with E-state index in [1.807, 2.05) is 26.0 Å². The minimum absolute atomic E-state index is 0.166. The summed E-state index contributed by atoms with van der Waals surface area (Å²) in [5.74, 6) is -1.66. The number of unbranched alkanes of at least 4 members (excludes halogenated alkanes) is 6. The molecule has 0 spiro atoms. The van der Waals surface area contributed by atoms with Crippen LogP contribution in [0.15, 0.2) is 54.8 Å². The number of carbonyl (C=O) groups excluding carboxylic acids is 4. The van der Waals surface area contributed by atoms with E-state index in [-0.39, 0.29) is 49.5 Å². The van der Waals surface area contributed by atoms with Gasteiger partial charge in [-0.2, -0.15) is 0 Å². The van der Waals surface area contributed by atoms with Gasteiger partial charge in [0.15, 0.2) is 0 Å². The number of rotatable bonds is 32. The van der Waals surface area contributed by atoms with Gasteiger partial charge in [0, 0.05) is 0 Å². The fourth-order valence-electron chi connectivity index (χ4n) is 7.33. The first kappa shape index (κ1) is 54.2. The Bertz CT molecular complexity index is 1170. The fraction of sp³-hybridized carbons (Fsp3) is 0.696. The van der Waals surface area contributed by atoms with Crippen LogP contribution in [0.5, 0.6) is 0 Å². The van der Waals surface area contributed by atoms with Gasteiger partial charge in [0.1, 0.15) is 0 Å². The van der Waals surface area contributed by atoms with Gasteiger partial charge in [-0.3, -0.25) is 0 Å². The van der Waals surface area contributed by atoms with Crippen molar-refractivity contribution in [3.05, 3.63) is 54.8 Å². The van der Waals surface area contributed by atoms with Crippen LogP contribution in [0.1, 0.15) is 146 Å². The molecule has 0 saturated heterocycles. The molecule has 8 nitrogen and oxygen atoms in total. The Balaban J connectivity index is 7.96. The van der Waals surface area contributed by atoms with Crippen LogP contribution in [0.2, 0.25) is 26.6 Å². The Kier molecular flexibility index (Phi) is 32.0. The van der Waals surface area contributed by atoms with Gasteiger partial charge in [-0.15, -0.1) is 0 Å². The fourth-order valence-corrected chi connectivity index (χ4v) is 39.2. The molecule has 0 aliphatic heterocycles. The zero-order chi connectivity index (χ0) is 42.2. The maximum atomic E-state index is 13.8. The van der Waals surface area contributed by atoms with Crippen LogP contribution in [0.4, 0.5) is 0 Å². The van der Waals surface area contributed by atoms with Crippen LogP contribution >= 0.6 is 0 Å². The number of esters is 4. The summed E-state index contributed by atoms with van der Waals surface area (Å²) in [6.45, 7) is 21.2. The van der Waals surface area contributed by atoms with Crippen molar-refractivity contribution in [1.29, 1.82) is 0 Å². The van der Waals surface area contributed by atoms with Crippen molar-refractivity contribution >= 4 is 60.6 Å². The average molecular weight is 999 g/mol. The van der Waals surface area contributed by atoms with Gasteiger partial charge >= 0.3 is 353 Å². The van der Waals surface area contributed by atoms with Crippen molar-refractivity contribution in [2.45, 2.75) is 173 Å². The van der Waals surface area contributed by atoms with Crippen molar-refractivity contribution in [3.8, 4) is 0 Å². The normalized spacial score (nSPS) is 13.2. The predicted molar refractivity (Wildman–Crippen MR) is 238 cm³/mol. The quantitative estimate of drug-likeness (QED) is 0.0216. The second-order valence-electron chi connectivity index (χ2n) is 14.8. The molecule has 0 rings (SSSR count). The van der Waals surface area contributed by atoms with Crippen LogP contribution in [-0.2, 0) is 38.1 Å². The number of hydrogen-bond acceptors (Lipinski definition) is 8. The molecule has 0 bridgehead atoms. The van der Waals surface area contributed by atoms with E-state index in [2.05, 4.69) is 41.5 Å². The summed E-state index contributed by atoms with van der Waals surface area (Å²) in [5, 5.41) is 0. The molecule has 56 heavy (non-hydrogen) atoms. The van der Waals surface area contributed by atoms with E-state index in [0.29, 0.717) is 0 Å². The van der Waals surface area contributed by atoms with Gasteiger partial charge in [-0.25, -0.2) is 0 Å². The third-order valence-electron chi connectivity index (χ3n) is 10.5. The SMILES string of the molecule is CCC[CH2][Sn]([CH2]CCC)([CH2]CCC)\[C](=C/C=C(\C=C\C(=C/C=[C](/C(=O)OCC)[Sn]([CH2]CCC)([CH2]CCC)[CH2]CCC)C(=O)OCC)C(=O)OCC)C(=O)OCC. The van der Waals surface area contributed by atoms with Gasteiger partial charge < -0.3 is 0 Å². The Labute approximate surface area is 350 Å². The molecule has 0 aliphatic rings. The van der Waals surface area contributed by atoms with Crippen molar-refractivity contribution in [3.63, 3.8) is 0 Å². The van der Waals surface area contributed by atoms with Crippen molar-refractivity contribution in [1.82, 2.24) is 0 Å². The van der Waals surface area contributed by atoms with E-state index in [1.165, 1.54) is 0 Å². The summed E-state index contributed by atoms with van der Waals surface area (Å²) >= 11 is -6.66. The molecule has 0 aromatic rings. The van der Waals surface area contributed by atoms with Crippen LogP contribution < -0.4 is 0 Å². The summed E-state index contributed by atoms with van der Waals surface area (Å²) in [4.78, 5) is 54.7. The monoisotopic (exact) mass is 1000 g/mol. The molecule has 10 heteroatoms. The molecular weight excluding hydrogens is 918 g/mol. The minimum atomic E-state index is -3.33. The third-order valence-corrected chi connectivity index (χ3v) is 41.6. The van der Waals surface area contributed by atoms with Gasteiger partial charge in [0.25, 0.3) is 0 Å². The molecule has 0 saturated carbocycles. The van der Waals surface area contributed by atoms with E-state index < -0.39 is 48.7 Å². The number of hydrogen-bond donors (Lipinski definition) is 0. The maximum absolute atomic E-state index is 13.8. The molecule has 0 amide bonds. The molecule has 0 N–H and O–H groups in total. The molecule has 0 aromatic carbocycles. The summed E-state index contributed by atoms with van der Waals surface area (Å²) in [5.41, 5.74) is 0.421. The van der Waals surface area contributed by atoms with Crippen LogP contribution in [0.3, 0.4) is 0 Å². The van der Waals surface area contributed by atoms with E-state index in [9.17, 15) is 19.2 Å². The summed E-state index contributed by atoms with van der Waals surface area (Å²) in [6.07, 6.45) is 22.9. The second kappa shape index (κ2) is 33.1. The molecule has 0 aromatic heterocycles. The molecule has 0 heterocycles. The van der Waals surface area contributed by atoms with Crippen LogP contribution in [0.25, 0.3) is 0 Å². The zero-order valence-electron chi connectivity index (χ0n) is 37.3. The van der Waals surface area contributed by atoms with Crippen molar-refractivity contribution < 1.29 is 38.1 Å². The average Bonchev–Trinajstić information content (AvgIpc) is 3.18. The van der Waals surface area contributed by atoms with Crippen molar-refractivity contribution in [2.24, 2.45) is 0 Å². The Morgan fingerprint density at radius 2 is 0.589 bits per heavy atom. The molecule has 0 aliphatic carbocycles. The number of allylic oxidation sites excluding steroid dienone is 4. The van der Waals surface area contributed by atoms with E-state index in [1.54, 1.807) is 38.2 Å². The van der Waals surface area contributed by atoms with E-state index in [4.69, 9.17) is 18.9 Å². The van der Waals surface area contributed by atoms with E-state index in [0.717, 1.165) is 111 Å². The topological polar surface area (TPSA) is 105 Å². The number of ether oxygens (including phenoxy) is 4. The second-order valence-corrected chi connectivity index (χ2v) is 41.1. The molecule has 0 radical (unpaired) electrons. The standard InChI is InChI=1S/C22H26O8.6C4H9.2Sn/c1-5-27-19(23)13-9-11-17(21(25)29-7-3)15-16-18(22(26)30-8-4)12-10-14-20(24)28-6-2;6*1-3-4-2;;/h9-12,15-16H,5-8H2,1-4H3;6*1,3-4H2,2H3;;/b13-9?,14-10?,16-15+,17-11+,18-12+;;;;;;;;. The third kappa shape index (κ3) is 19.8. The summed E-state index contributed by atoms with van der Waals surface area (Å²) in [6, 6.07) is 0. The van der Waals surface area contributed by atoms with Gasteiger partial charge in [0.05, 0.1) is 0 Å². The predicted octanol–water partition coefficient (Wildman–Crippen LogP) is 12.3. The van der Waals surface area contributed by atoms with Gasteiger partial charge in [-0.05, 0) is 0 Å². The Morgan fingerprint density at radius 3 is 0.804 bits per heavy atom. The molecule has 320 valence electrons. The van der Waals surface area contributed by atoms with E-state index >= 15 is 0 Å². The number of carbonyl (C=O) groups is 4. The first-order valence-corrected chi connectivity index (χ1v) is 37.2. The zero-order valence-corrected chi connectivity index (χ0v) is 43.0. The van der Waals surface area contributed by atoms with Crippen molar-refractivity contribution in [2.75, 3.05) is 26.4 Å². The molecule has 0 fully saturated rings.